The highest BCUT2D eigenvalue weighted by Gasteiger charge is 2.32. The maximum absolute atomic E-state index is 12.5. The summed E-state index contributed by atoms with van der Waals surface area (Å²) in [6.45, 7) is 4.39. The van der Waals surface area contributed by atoms with Crippen LogP contribution in [-0.2, 0) is 9.53 Å². The van der Waals surface area contributed by atoms with E-state index < -0.39 is 0 Å². The Morgan fingerprint density at radius 2 is 2.04 bits per heavy atom. The number of carbonyl (C=O) groups is 2. The van der Waals surface area contributed by atoms with Gasteiger partial charge < -0.3 is 15.0 Å². The minimum atomic E-state index is -0.0457. The van der Waals surface area contributed by atoms with E-state index in [9.17, 15) is 9.59 Å². The van der Waals surface area contributed by atoms with E-state index in [-0.39, 0.29) is 17.7 Å². The largest absolute Gasteiger partial charge is 0.383 e. The van der Waals surface area contributed by atoms with Crippen molar-refractivity contribution in [3.8, 4) is 0 Å². The van der Waals surface area contributed by atoms with Gasteiger partial charge in [-0.25, -0.2) is 4.98 Å². The molecule has 148 valence electrons. The third-order valence-corrected chi connectivity index (χ3v) is 5.48. The second-order valence-electron chi connectivity index (χ2n) is 7.23. The van der Waals surface area contributed by atoms with Crippen LogP contribution in [-0.4, -0.2) is 84.1 Å². The zero-order chi connectivity index (χ0) is 19.1. The standard InChI is InChI=1S/C19H29N5O3/c1-27-12-8-22-18(25)15-3-2-9-24(14-15)16-4-10-23(11-5-16)19(26)17-13-20-6-7-21-17/h6-7,13,15-16H,2-5,8-12,14H2,1H3,(H,22,25)/t15-/m1/s1. The molecule has 8 nitrogen and oxygen atoms in total. The SMILES string of the molecule is COCCNC(=O)[C@@H]1CCCN(C2CCN(C(=O)c3cnccn3)CC2)C1. The molecule has 1 N–H and O–H groups in total. The van der Waals surface area contributed by atoms with E-state index in [1.807, 2.05) is 4.90 Å². The van der Waals surface area contributed by atoms with Gasteiger partial charge in [0.1, 0.15) is 5.69 Å². The molecule has 0 unspecified atom stereocenters. The molecule has 27 heavy (non-hydrogen) atoms. The number of hydrogen-bond acceptors (Lipinski definition) is 6. The number of rotatable bonds is 6. The van der Waals surface area contributed by atoms with Gasteiger partial charge in [0.25, 0.3) is 5.91 Å². The van der Waals surface area contributed by atoms with Crippen LogP contribution >= 0.6 is 0 Å². The number of nitrogens with zero attached hydrogens (tertiary/aromatic N) is 4. The molecule has 3 heterocycles. The van der Waals surface area contributed by atoms with Crippen LogP contribution in [0, 0.1) is 5.92 Å². The first-order valence-corrected chi connectivity index (χ1v) is 9.75. The number of aromatic nitrogens is 2. The maximum Gasteiger partial charge on any atom is 0.274 e. The van der Waals surface area contributed by atoms with Crippen molar-refractivity contribution in [3.05, 3.63) is 24.3 Å². The maximum atomic E-state index is 12.5. The molecule has 0 aromatic carbocycles. The Balaban J connectivity index is 1.47. The van der Waals surface area contributed by atoms with E-state index in [4.69, 9.17) is 4.74 Å². The van der Waals surface area contributed by atoms with Crippen LogP contribution in [0.4, 0.5) is 0 Å². The van der Waals surface area contributed by atoms with Crippen molar-refractivity contribution >= 4 is 11.8 Å². The van der Waals surface area contributed by atoms with Crippen molar-refractivity contribution in [1.82, 2.24) is 25.1 Å². The van der Waals surface area contributed by atoms with Crippen LogP contribution in [0.5, 0.6) is 0 Å². The lowest BCUT2D eigenvalue weighted by Crippen LogP contribution is -2.51. The normalized spacial score (nSPS) is 21.8. The van der Waals surface area contributed by atoms with Gasteiger partial charge >= 0.3 is 0 Å². The van der Waals surface area contributed by atoms with Crippen molar-refractivity contribution < 1.29 is 14.3 Å². The second kappa shape index (κ2) is 9.75. The number of methoxy groups -OCH3 is 1. The average molecular weight is 375 g/mol. The third kappa shape index (κ3) is 5.23. The Labute approximate surface area is 160 Å². The molecular formula is C19H29N5O3. The van der Waals surface area contributed by atoms with Gasteiger partial charge in [-0.1, -0.05) is 0 Å². The zero-order valence-corrected chi connectivity index (χ0v) is 16.0. The number of nitrogens with one attached hydrogen (secondary N) is 1. The number of amides is 2. The first kappa shape index (κ1) is 19.7. The Kier molecular flexibility index (Phi) is 7.11. The van der Waals surface area contributed by atoms with Crippen LogP contribution in [0.25, 0.3) is 0 Å². The van der Waals surface area contributed by atoms with Crippen molar-refractivity contribution in [3.63, 3.8) is 0 Å². The van der Waals surface area contributed by atoms with Crippen molar-refractivity contribution in [2.24, 2.45) is 5.92 Å². The summed E-state index contributed by atoms with van der Waals surface area (Å²) < 4.78 is 4.99. The first-order chi connectivity index (χ1) is 13.2. The predicted molar refractivity (Wildman–Crippen MR) is 100 cm³/mol. The fourth-order valence-corrected chi connectivity index (χ4v) is 3.98. The monoisotopic (exact) mass is 375 g/mol. The first-order valence-electron chi connectivity index (χ1n) is 9.75. The molecule has 2 fully saturated rings. The highest BCUT2D eigenvalue weighted by Crippen LogP contribution is 2.24. The van der Waals surface area contributed by atoms with E-state index >= 15 is 0 Å². The van der Waals surface area contributed by atoms with Gasteiger partial charge in [-0.2, -0.15) is 0 Å². The molecule has 0 aliphatic carbocycles. The Hall–Kier alpha value is -2.06. The highest BCUT2D eigenvalue weighted by molar-refractivity contribution is 5.92. The fourth-order valence-electron chi connectivity index (χ4n) is 3.98. The smallest absolute Gasteiger partial charge is 0.274 e. The number of hydrogen-bond donors (Lipinski definition) is 1. The Bertz CT molecular complexity index is 619. The molecule has 1 aromatic heterocycles. The summed E-state index contributed by atoms with van der Waals surface area (Å²) in [5, 5.41) is 2.96. The van der Waals surface area contributed by atoms with Gasteiger partial charge in [-0.15, -0.1) is 0 Å². The average Bonchev–Trinajstić information content (AvgIpc) is 2.74. The molecule has 2 saturated heterocycles. The molecule has 2 aliphatic rings. The summed E-state index contributed by atoms with van der Waals surface area (Å²) in [5.41, 5.74) is 0.404. The van der Waals surface area contributed by atoms with E-state index in [1.54, 1.807) is 19.5 Å². The number of piperidine rings is 2. The van der Waals surface area contributed by atoms with Crippen molar-refractivity contribution in [2.45, 2.75) is 31.7 Å². The van der Waals surface area contributed by atoms with Gasteiger partial charge in [0, 0.05) is 51.7 Å². The van der Waals surface area contributed by atoms with E-state index in [2.05, 4.69) is 20.2 Å². The minimum Gasteiger partial charge on any atom is -0.383 e. The molecule has 0 saturated carbocycles. The van der Waals surface area contributed by atoms with Gasteiger partial charge in [0.05, 0.1) is 18.7 Å². The number of likely N-dealkylation sites (tertiary alicyclic amines) is 2. The molecule has 0 bridgehead atoms. The third-order valence-electron chi connectivity index (χ3n) is 5.48. The Morgan fingerprint density at radius 3 is 2.74 bits per heavy atom. The highest BCUT2D eigenvalue weighted by atomic mass is 16.5. The fraction of sp³-hybridized carbons (Fsp3) is 0.684. The topological polar surface area (TPSA) is 87.7 Å². The summed E-state index contributed by atoms with van der Waals surface area (Å²) in [5.74, 6) is 0.137. The van der Waals surface area contributed by atoms with Gasteiger partial charge in [-0.3, -0.25) is 19.5 Å². The summed E-state index contributed by atoms with van der Waals surface area (Å²) in [6, 6.07) is 0.436. The van der Waals surface area contributed by atoms with Gasteiger partial charge in [0.15, 0.2) is 0 Å². The summed E-state index contributed by atoms with van der Waals surface area (Å²) in [6.07, 6.45) is 8.49. The minimum absolute atomic E-state index is 0.0457. The zero-order valence-electron chi connectivity index (χ0n) is 16.0. The van der Waals surface area contributed by atoms with Gasteiger partial charge in [0.2, 0.25) is 5.91 Å². The van der Waals surface area contributed by atoms with Gasteiger partial charge in [-0.05, 0) is 32.2 Å². The lowest BCUT2D eigenvalue weighted by molar-refractivity contribution is -0.127. The van der Waals surface area contributed by atoms with E-state index in [0.717, 1.165) is 51.9 Å². The summed E-state index contributed by atoms with van der Waals surface area (Å²) in [4.78, 5) is 37.2. The van der Waals surface area contributed by atoms with E-state index in [1.165, 1.54) is 6.20 Å². The molecule has 2 aliphatic heterocycles. The molecule has 8 heteroatoms. The molecule has 0 radical (unpaired) electrons. The molecule has 2 amide bonds. The number of ether oxygens (including phenoxy) is 1. The van der Waals surface area contributed by atoms with Crippen LogP contribution < -0.4 is 5.32 Å². The lowest BCUT2D eigenvalue weighted by Gasteiger charge is -2.42. The summed E-state index contributed by atoms with van der Waals surface area (Å²) >= 11 is 0. The second-order valence-corrected chi connectivity index (χ2v) is 7.23. The molecule has 0 spiro atoms. The van der Waals surface area contributed by atoms with Crippen molar-refractivity contribution in [2.75, 3.05) is 46.4 Å². The molecule has 1 atom stereocenters. The van der Waals surface area contributed by atoms with Crippen LogP contribution in [0.2, 0.25) is 0 Å². The van der Waals surface area contributed by atoms with Crippen LogP contribution in [0.1, 0.15) is 36.2 Å². The predicted octanol–water partition coefficient (Wildman–Crippen LogP) is 0.556. The van der Waals surface area contributed by atoms with E-state index in [0.29, 0.717) is 24.9 Å². The molecule has 1 aromatic rings. The number of carbonyl (C=O) groups excluding carboxylic acids is 2. The van der Waals surface area contributed by atoms with Crippen LogP contribution in [0.15, 0.2) is 18.6 Å². The molecule has 3 rings (SSSR count). The summed E-state index contributed by atoms with van der Waals surface area (Å²) in [7, 11) is 1.63. The lowest BCUT2D eigenvalue weighted by atomic mass is 9.93. The van der Waals surface area contributed by atoms with Crippen LogP contribution in [0.3, 0.4) is 0 Å². The quantitative estimate of drug-likeness (QED) is 0.731. The Morgan fingerprint density at radius 1 is 1.22 bits per heavy atom. The molecular weight excluding hydrogens is 346 g/mol. The van der Waals surface area contributed by atoms with Crippen molar-refractivity contribution in [1.29, 1.82) is 0 Å².